The van der Waals surface area contributed by atoms with Crippen LogP contribution in [0.2, 0.25) is 0 Å². The van der Waals surface area contributed by atoms with E-state index in [1.165, 1.54) is 18.2 Å². The van der Waals surface area contributed by atoms with Crippen LogP contribution >= 0.6 is 0 Å². The molecule has 3 aromatic rings. The van der Waals surface area contributed by atoms with Crippen LogP contribution < -0.4 is 10.1 Å². The van der Waals surface area contributed by atoms with Gasteiger partial charge in [-0.2, -0.15) is 8.78 Å². The van der Waals surface area contributed by atoms with Crippen LogP contribution in [-0.4, -0.2) is 56.0 Å². The molecule has 0 aliphatic carbocycles. The average Bonchev–Trinajstić information content (AvgIpc) is 2.86. The minimum absolute atomic E-state index is 0.0360. The molecule has 0 aromatic heterocycles. The van der Waals surface area contributed by atoms with Gasteiger partial charge in [0.25, 0.3) is 0 Å². The van der Waals surface area contributed by atoms with Gasteiger partial charge in [0.2, 0.25) is 5.91 Å². The number of Topliss-reactive ketones (excluding diaryl/α,β-unsaturated/α-hetero) is 1. The van der Waals surface area contributed by atoms with E-state index in [9.17, 15) is 18.4 Å². The number of hydrogen-bond donors (Lipinski definition) is 1. The lowest BCUT2D eigenvalue weighted by molar-refractivity contribution is -0.118. The molecule has 35 heavy (non-hydrogen) atoms. The van der Waals surface area contributed by atoms with Crippen molar-refractivity contribution in [1.82, 2.24) is 4.90 Å². The minimum Gasteiger partial charge on any atom is -0.433 e. The third-order valence-electron chi connectivity index (χ3n) is 5.69. The molecule has 1 aliphatic rings. The average molecular weight is 481 g/mol. The standard InChI is InChI=1S/C27H26F2N2O4/c28-27(29)35-25-11-10-22(17-23(25)30-26(33)18-31-12-14-34-15-13-31)24(32)16-19-6-8-21(9-7-19)20-4-2-1-3-5-20/h1-11,17,27H,12-16,18H2,(H,30,33). The Morgan fingerprint density at radius 1 is 0.943 bits per heavy atom. The molecule has 6 nitrogen and oxygen atoms in total. The maximum absolute atomic E-state index is 12.9. The van der Waals surface area contributed by atoms with Crippen LogP contribution in [0, 0.1) is 0 Å². The summed E-state index contributed by atoms with van der Waals surface area (Å²) in [5.41, 5.74) is 3.27. The van der Waals surface area contributed by atoms with E-state index >= 15 is 0 Å². The van der Waals surface area contributed by atoms with Crippen molar-refractivity contribution < 1.29 is 27.8 Å². The molecule has 1 aliphatic heterocycles. The van der Waals surface area contributed by atoms with Crippen molar-refractivity contribution in [2.45, 2.75) is 13.0 Å². The van der Waals surface area contributed by atoms with E-state index in [0.29, 0.717) is 31.9 Å². The molecule has 1 amide bonds. The molecule has 1 heterocycles. The predicted molar refractivity (Wildman–Crippen MR) is 129 cm³/mol. The highest BCUT2D eigenvalue weighted by Gasteiger charge is 2.18. The number of carbonyl (C=O) groups is 2. The maximum atomic E-state index is 12.9. The van der Waals surface area contributed by atoms with Gasteiger partial charge in [0.1, 0.15) is 5.75 Å². The summed E-state index contributed by atoms with van der Waals surface area (Å²) >= 11 is 0. The van der Waals surface area contributed by atoms with Crippen LogP contribution in [0.1, 0.15) is 15.9 Å². The number of nitrogens with one attached hydrogen (secondary N) is 1. The van der Waals surface area contributed by atoms with Crippen molar-refractivity contribution >= 4 is 17.4 Å². The van der Waals surface area contributed by atoms with Crippen LogP contribution in [0.4, 0.5) is 14.5 Å². The maximum Gasteiger partial charge on any atom is 0.387 e. The first kappa shape index (κ1) is 24.5. The lowest BCUT2D eigenvalue weighted by Gasteiger charge is -2.26. The lowest BCUT2D eigenvalue weighted by atomic mass is 9.99. The number of hydrogen-bond acceptors (Lipinski definition) is 5. The number of rotatable bonds is 9. The summed E-state index contributed by atoms with van der Waals surface area (Å²) in [6.07, 6.45) is 0.130. The molecule has 0 atom stereocenters. The predicted octanol–water partition coefficient (Wildman–Crippen LogP) is 4.65. The highest BCUT2D eigenvalue weighted by molar-refractivity contribution is 6.00. The van der Waals surface area contributed by atoms with Crippen LogP contribution in [0.5, 0.6) is 5.75 Å². The fraction of sp³-hybridized carbons (Fsp3) is 0.259. The van der Waals surface area contributed by atoms with Gasteiger partial charge in [0.05, 0.1) is 25.4 Å². The van der Waals surface area contributed by atoms with Crippen LogP contribution in [0.3, 0.4) is 0 Å². The van der Waals surface area contributed by atoms with E-state index in [1.807, 2.05) is 59.5 Å². The number of ketones is 1. The molecule has 8 heteroatoms. The van der Waals surface area contributed by atoms with Crippen molar-refractivity contribution in [2.24, 2.45) is 0 Å². The van der Waals surface area contributed by atoms with Gasteiger partial charge < -0.3 is 14.8 Å². The first-order valence-electron chi connectivity index (χ1n) is 11.3. The van der Waals surface area contributed by atoms with E-state index in [4.69, 9.17) is 4.74 Å². The monoisotopic (exact) mass is 480 g/mol. The second-order valence-corrected chi connectivity index (χ2v) is 8.19. The Kier molecular flexibility index (Phi) is 8.18. The Hall–Kier alpha value is -3.62. The van der Waals surface area contributed by atoms with Gasteiger partial charge in [-0.3, -0.25) is 14.5 Å². The molecule has 0 saturated carbocycles. The highest BCUT2D eigenvalue weighted by Crippen LogP contribution is 2.28. The number of morpholine rings is 1. The highest BCUT2D eigenvalue weighted by atomic mass is 19.3. The number of halogens is 2. The van der Waals surface area contributed by atoms with E-state index in [2.05, 4.69) is 10.1 Å². The van der Waals surface area contributed by atoms with Crippen molar-refractivity contribution in [3.05, 3.63) is 83.9 Å². The number of ether oxygens (including phenoxy) is 2. The summed E-state index contributed by atoms with van der Waals surface area (Å²) in [6.45, 7) is -0.699. The van der Waals surface area contributed by atoms with Crippen molar-refractivity contribution in [1.29, 1.82) is 0 Å². The molecule has 1 saturated heterocycles. The molecule has 0 spiro atoms. The molecule has 3 aromatic carbocycles. The molecule has 0 unspecified atom stereocenters. The zero-order chi connectivity index (χ0) is 24.6. The number of benzene rings is 3. The van der Waals surface area contributed by atoms with Gasteiger partial charge >= 0.3 is 6.61 Å². The first-order valence-corrected chi connectivity index (χ1v) is 11.3. The Labute approximate surface area is 202 Å². The number of carbonyl (C=O) groups excluding carboxylic acids is 2. The topological polar surface area (TPSA) is 67.9 Å². The third-order valence-corrected chi connectivity index (χ3v) is 5.69. The van der Waals surface area contributed by atoms with Gasteiger partial charge in [-0.25, -0.2) is 0 Å². The number of nitrogens with zero attached hydrogens (tertiary/aromatic N) is 1. The van der Waals surface area contributed by atoms with Gasteiger partial charge in [-0.05, 0) is 34.9 Å². The zero-order valence-corrected chi connectivity index (χ0v) is 19.1. The van der Waals surface area contributed by atoms with Crippen molar-refractivity contribution in [3.63, 3.8) is 0 Å². The van der Waals surface area contributed by atoms with Gasteiger partial charge in [0, 0.05) is 25.1 Å². The third kappa shape index (κ3) is 6.94. The fourth-order valence-electron chi connectivity index (χ4n) is 3.89. The number of alkyl halides is 2. The summed E-state index contributed by atoms with van der Waals surface area (Å²) in [5, 5.41) is 2.62. The normalized spacial score (nSPS) is 14.0. The van der Waals surface area contributed by atoms with E-state index < -0.39 is 6.61 Å². The Morgan fingerprint density at radius 2 is 1.63 bits per heavy atom. The van der Waals surface area contributed by atoms with Gasteiger partial charge in [-0.15, -0.1) is 0 Å². The van der Waals surface area contributed by atoms with Crippen LogP contribution in [0.25, 0.3) is 11.1 Å². The van der Waals surface area contributed by atoms with E-state index in [-0.39, 0.29) is 36.1 Å². The second kappa shape index (κ2) is 11.7. The quantitative estimate of drug-likeness (QED) is 0.452. The van der Waals surface area contributed by atoms with E-state index in [0.717, 1.165) is 16.7 Å². The van der Waals surface area contributed by atoms with Gasteiger partial charge in [0.15, 0.2) is 5.78 Å². The largest absolute Gasteiger partial charge is 0.433 e. The summed E-state index contributed by atoms with van der Waals surface area (Å²) in [6, 6.07) is 21.7. The first-order chi connectivity index (χ1) is 17.0. The van der Waals surface area contributed by atoms with Crippen LogP contribution in [0.15, 0.2) is 72.8 Å². The molecule has 0 radical (unpaired) electrons. The Bertz CT molecular complexity index is 1150. The zero-order valence-electron chi connectivity index (χ0n) is 19.1. The van der Waals surface area contributed by atoms with Crippen molar-refractivity contribution in [2.75, 3.05) is 38.2 Å². The number of amides is 1. The SMILES string of the molecule is O=C(CN1CCOCC1)Nc1cc(C(=O)Cc2ccc(-c3ccccc3)cc2)ccc1OC(F)F. The van der Waals surface area contributed by atoms with Gasteiger partial charge in [-0.1, -0.05) is 54.6 Å². The van der Waals surface area contributed by atoms with Crippen molar-refractivity contribution in [3.8, 4) is 16.9 Å². The molecule has 182 valence electrons. The molecule has 4 rings (SSSR count). The Balaban J connectivity index is 1.46. The molecule has 1 N–H and O–H groups in total. The Morgan fingerprint density at radius 3 is 2.31 bits per heavy atom. The lowest BCUT2D eigenvalue weighted by Crippen LogP contribution is -2.41. The molecular weight excluding hydrogens is 454 g/mol. The minimum atomic E-state index is -3.06. The number of anilines is 1. The summed E-state index contributed by atoms with van der Waals surface area (Å²) in [5.74, 6) is -0.782. The molecule has 0 bridgehead atoms. The second-order valence-electron chi connectivity index (χ2n) is 8.19. The van der Waals surface area contributed by atoms with E-state index in [1.54, 1.807) is 0 Å². The fourth-order valence-corrected chi connectivity index (χ4v) is 3.89. The summed E-state index contributed by atoms with van der Waals surface area (Å²) in [7, 11) is 0. The van der Waals surface area contributed by atoms with Crippen LogP contribution in [-0.2, 0) is 16.0 Å². The molecule has 1 fully saturated rings. The smallest absolute Gasteiger partial charge is 0.387 e. The molecular formula is C27H26F2N2O4. The summed E-state index contributed by atoms with van der Waals surface area (Å²) < 4.78 is 35.6. The summed E-state index contributed by atoms with van der Waals surface area (Å²) in [4.78, 5) is 27.4.